The van der Waals surface area contributed by atoms with Crippen molar-refractivity contribution in [3.63, 3.8) is 0 Å². The van der Waals surface area contributed by atoms with E-state index in [-0.39, 0.29) is 25.5 Å². The molecule has 0 spiro atoms. The minimum absolute atomic E-state index is 0.249. The van der Waals surface area contributed by atoms with Crippen LogP contribution in [-0.2, 0) is 31.1 Å². The molecule has 0 amide bonds. The van der Waals surface area contributed by atoms with Crippen molar-refractivity contribution in [2.45, 2.75) is 26.4 Å². The molecule has 0 atom stereocenters. The van der Waals surface area contributed by atoms with Crippen LogP contribution in [-0.4, -0.2) is 40.4 Å². The molecule has 2 rings (SSSR count). The minimum atomic E-state index is -0.525. The molecular weight excluding hydrogens is 336 g/mol. The number of esters is 1. The van der Waals surface area contributed by atoms with Crippen molar-refractivity contribution in [2.75, 3.05) is 14.2 Å². The molecule has 140 valence electrons. The first-order chi connectivity index (χ1) is 12.6. The first kappa shape index (κ1) is 19.9. The van der Waals surface area contributed by atoms with Crippen LogP contribution in [0.5, 0.6) is 0 Å². The molecule has 0 unspecified atom stereocenters. The molecule has 0 aliphatic heterocycles. The van der Waals surface area contributed by atoms with Crippen LogP contribution in [0.3, 0.4) is 0 Å². The average Bonchev–Trinajstić information content (AvgIpc) is 3.04. The summed E-state index contributed by atoms with van der Waals surface area (Å²) in [7, 11) is 3.07. The normalized spacial score (nSPS) is 10.8. The van der Waals surface area contributed by atoms with Crippen molar-refractivity contribution in [3.05, 3.63) is 52.4 Å². The largest absolute Gasteiger partial charge is 0.464 e. The molecule has 0 aliphatic rings. The number of benzene rings is 1. The zero-order valence-corrected chi connectivity index (χ0v) is 14.9. The monoisotopic (exact) mass is 360 g/mol. The Balaban J connectivity index is 2.84. The van der Waals surface area contributed by atoms with Crippen LogP contribution < -0.4 is 5.32 Å². The third kappa shape index (κ3) is 3.42. The summed E-state index contributed by atoms with van der Waals surface area (Å²) >= 11 is 0. The van der Waals surface area contributed by atoms with Gasteiger partial charge in [0.15, 0.2) is 0 Å². The number of nitrogens with one attached hydrogen (secondary N) is 2. The van der Waals surface area contributed by atoms with Crippen molar-refractivity contribution >= 4 is 12.0 Å². The van der Waals surface area contributed by atoms with Crippen LogP contribution in [0.15, 0.2) is 18.7 Å². The van der Waals surface area contributed by atoms with Gasteiger partial charge in [0.05, 0.1) is 26.9 Å². The molecule has 0 fully saturated rings. The Labute approximate surface area is 152 Å². The number of aliphatic hydroxyl groups excluding tert-OH is 3. The van der Waals surface area contributed by atoms with Gasteiger partial charge in [0.25, 0.3) is 0 Å². The minimum Gasteiger partial charge on any atom is -0.464 e. The highest BCUT2D eigenvalue weighted by atomic mass is 16.5. The first-order valence-electron chi connectivity index (χ1n) is 8.14. The summed E-state index contributed by atoms with van der Waals surface area (Å²) in [4.78, 5) is 15.2. The molecule has 5 N–H and O–H groups in total. The molecule has 26 heavy (non-hydrogen) atoms. The number of ether oxygens (including phenoxy) is 1. The predicted molar refractivity (Wildman–Crippen MR) is 98.2 cm³/mol. The van der Waals surface area contributed by atoms with Gasteiger partial charge in [-0.3, -0.25) is 0 Å². The highest BCUT2D eigenvalue weighted by Gasteiger charge is 2.24. The standard InChI is InChI=1S/C19H24N2O5/c1-4-12-17(16(7-20-2)21-18(12)19(25)26-3)13-6-5-11(8-22)14(9-23)15(13)10-24/h4-6,20-24H,1,7-10H2,2-3H3. The zero-order chi connectivity index (χ0) is 19.3. The molecular formula is C19H24N2O5. The summed E-state index contributed by atoms with van der Waals surface area (Å²) in [6.45, 7) is 3.34. The molecule has 0 radical (unpaired) electrons. The lowest BCUT2D eigenvalue weighted by Gasteiger charge is -2.17. The molecule has 0 bridgehead atoms. The van der Waals surface area contributed by atoms with Gasteiger partial charge in [0, 0.05) is 23.4 Å². The zero-order valence-electron chi connectivity index (χ0n) is 14.9. The molecule has 0 saturated carbocycles. The van der Waals surface area contributed by atoms with E-state index >= 15 is 0 Å². The molecule has 7 nitrogen and oxygen atoms in total. The Kier molecular flexibility index (Phi) is 6.70. The Morgan fingerprint density at radius 3 is 2.42 bits per heavy atom. The van der Waals surface area contributed by atoms with E-state index < -0.39 is 5.97 Å². The van der Waals surface area contributed by atoms with Crippen molar-refractivity contribution in [3.8, 4) is 11.1 Å². The predicted octanol–water partition coefficient (Wildman–Crippen LogP) is 1.31. The van der Waals surface area contributed by atoms with Crippen LogP contribution in [0.25, 0.3) is 17.2 Å². The maximum absolute atomic E-state index is 12.1. The number of carbonyl (C=O) groups is 1. The fourth-order valence-corrected chi connectivity index (χ4v) is 3.15. The number of aromatic amines is 1. The Hall–Kier alpha value is -2.45. The van der Waals surface area contributed by atoms with Gasteiger partial charge < -0.3 is 30.4 Å². The van der Waals surface area contributed by atoms with Crippen LogP contribution >= 0.6 is 0 Å². The summed E-state index contributed by atoms with van der Waals surface area (Å²) in [6.07, 6.45) is 1.55. The maximum Gasteiger partial charge on any atom is 0.355 e. The number of hydrogen-bond acceptors (Lipinski definition) is 6. The van der Waals surface area contributed by atoms with E-state index in [9.17, 15) is 20.1 Å². The highest BCUT2D eigenvalue weighted by Crippen LogP contribution is 2.36. The SMILES string of the molecule is C=Cc1c(C(=O)OC)[nH]c(CNC)c1-c1ccc(CO)c(CO)c1CO. The number of carbonyl (C=O) groups excluding carboxylic acids is 1. The second-order valence-electron chi connectivity index (χ2n) is 5.70. The number of rotatable bonds is 8. The summed E-state index contributed by atoms with van der Waals surface area (Å²) in [5.41, 5.74) is 4.39. The third-order valence-corrected chi connectivity index (χ3v) is 4.35. The van der Waals surface area contributed by atoms with Gasteiger partial charge >= 0.3 is 5.97 Å². The molecule has 0 aliphatic carbocycles. The lowest BCUT2D eigenvalue weighted by atomic mass is 9.90. The summed E-state index contributed by atoms with van der Waals surface area (Å²) < 4.78 is 4.84. The second kappa shape index (κ2) is 8.77. The van der Waals surface area contributed by atoms with Gasteiger partial charge in [-0.15, -0.1) is 0 Å². The van der Waals surface area contributed by atoms with Gasteiger partial charge in [-0.1, -0.05) is 24.8 Å². The molecule has 1 aromatic carbocycles. The van der Waals surface area contributed by atoms with Crippen LogP contribution in [0.1, 0.15) is 38.4 Å². The van der Waals surface area contributed by atoms with E-state index in [0.29, 0.717) is 39.9 Å². The fourth-order valence-electron chi connectivity index (χ4n) is 3.15. The Morgan fingerprint density at radius 2 is 1.92 bits per heavy atom. The van der Waals surface area contributed by atoms with E-state index in [1.807, 2.05) is 0 Å². The number of aromatic nitrogens is 1. The summed E-state index contributed by atoms with van der Waals surface area (Å²) in [5.74, 6) is -0.525. The van der Waals surface area contributed by atoms with E-state index in [0.717, 1.165) is 5.69 Å². The number of H-pyrrole nitrogens is 1. The van der Waals surface area contributed by atoms with Crippen LogP contribution in [0.4, 0.5) is 0 Å². The van der Waals surface area contributed by atoms with Crippen LogP contribution in [0, 0.1) is 0 Å². The lowest BCUT2D eigenvalue weighted by molar-refractivity contribution is 0.0594. The average molecular weight is 360 g/mol. The van der Waals surface area contributed by atoms with Crippen molar-refractivity contribution in [2.24, 2.45) is 0 Å². The molecule has 0 saturated heterocycles. The third-order valence-electron chi connectivity index (χ3n) is 4.35. The summed E-state index contributed by atoms with van der Waals surface area (Å²) in [6, 6.07) is 3.45. The Bertz CT molecular complexity index is 811. The van der Waals surface area contributed by atoms with Crippen molar-refractivity contribution in [1.82, 2.24) is 10.3 Å². The number of methoxy groups -OCH3 is 1. The smallest absolute Gasteiger partial charge is 0.355 e. The first-order valence-corrected chi connectivity index (χ1v) is 8.14. The van der Waals surface area contributed by atoms with Gasteiger partial charge in [0.1, 0.15) is 5.69 Å². The molecule has 1 aromatic heterocycles. The van der Waals surface area contributed by atoms with Gasteiger partial charge in [0.2, 0.25) is 0 Å². The van der Waals surface area contributed by atoms with E-state index in [1.165, 1.54) is 7.11 Å². The van der Waals surface area contributed by atoms with Gasteiger partial charge in [-0.2, -0.15) is 0 Å². The van der Waals surface area contributed by atoms with Crippen LogP contribution in [0.2, 0.25) is 0 Å². The van der Waals surface area contributed by atoms with Gasteiger partial charge in [-0.25, -0.2) is 4.79 Å². The van der Waals surface area contributed by atoms with Crippen molar-refractivity contribution in [1.29, 1.82) is 0 Å². The molecule has 7 heteroatoms. The van der Waals surface area contributed by atoms with Gasteiger partial charge in [-0.05, 0) is 29.3 Å². The second-order valence-corrected chi connectivity index (χ2v) is 5.70. The Morgan fingerprint density at radius 1 is 1.23 bits per heavy atom. The fraction of sp³-hybridized carbons (Fsp3) is 0.316. The topological polar surface area (TPSA) is 115 Å². The number of hydrogen-bond donors (Lipinski definition) is 5. The lowest BCUT2D eigenvalue weighted by Crippen LogP contribution is -2.08. The van der Waals surface area contributed by atoms with E-state index in [1.54, 1.807) is 25.3 Å². The maximum atomic E-state index is 12.1. The molecule has 1 heterocycles. The summed E-state index contributed by atoms with van der Waals surface area (Å²) in [5, 5.41) is 32.2. The van der Waals surface area contributed by atoms with Crippen molar-refractivity contribution < 1.29 is 24.9 Å². The van der Waals surface area contributed by atoms with E-state index in [2.05, 4.69) is 16.9 Å². The highest BCUT2D eigenvalue weighted by molar-refractivity contribution is 5.97. The number of aliphatic hydroxyl groups is 3. The molecule has 2 aromatic rings. The van der Waals surface area contributed by atoms with E-state index in [4.69, 9.17) is 4.74 Å². The quantitative estimate of drug-likeness (QED) is 0.454.